The molecule has 0 amide bonds. The fourth-order valence-electron chi connectivity index (χ4n) is 0.932. The van der Waals surface area contributed by atoms with Crippen molar-refractivity contribution in [3.05, 3.63) is 24.3 Å². The average molecular weight is 166 g/mol. The van der Waals surface area contributed by atoms with Crippen LogP contribution in [-0.2, 0) is 0 Å². The molecule has 0 atom stereocenters. The Morgan fingerprint density at radius 1 is 1.17 bits per heavy atom. The lowest BCUT2D eigenvalue weighted by molar-refractivity contribution is 0.389. The molecule has 3 N–H and O–H groups in total. The quantitative estimate of drug-likeness (QED) is 0.601. The zero-order chi connectivity index (χ0) is 8.81. The van der Waals surface area contributed by atoms with Gasteiger partial charge in [0.05, 0.1) is 5.69 Å². The van der Waals surface area contributed by atoms with Crippen molar-refractivity contribution >= 4 is 11.4 Å². The van der Waals surface area contributed by atoms with E-state index in [9.17, 15) is 0 Å². The van der Waals surface area contributed by atoms with Gasteiger partial charge in [-0.2, -0.15) is 0 Å². The van der Waals surface area contributed by atoms with Crippen molar-refractivity contribution in [2.24, 2.45) is 0 Å². The van der Waals surface area contributed by atoms with Crippen LogP contribution in [-0.4, -0.2) is 11.8 Å². The Hall–Kier alpha value is -1.22. The number of nitrogens with one attached hydrogen (secondary N) is 2. The molecule has 0 heterocycles. The lowest BCUT2D eigenvalue weighted by Crippen LogP contribution is -1.99. The monoisotopic (exact) mass is 166 g/mol. The molecule has 0 aliphatic rings. The van der Waals surface area contributed by atoms with Crippen molar-refractivity contribution in [3.63, 3.8) is 0 Å². The molecule has 0 spiro atoms. The van der Waals surface area contributed by atoms with Gasteiger partial charge < -0.3 is 5.32 Å². The smallest absolute Gasteiger partial charge is 0.0603 e. The molecule has 0 aliphatic carbocycles. The number of hydrogen-bond acceptors (Lipinski definition) is 3. The van der Waals surface area contributed by atoms with E-state index in [1.54, 1.807) is 0 Å². The van der Waals surface area contributed by atoms with Gasteiger partial charge in [0.15, 0.2) is 0 Å². The van der Waals surface area contributed by atoms with Crippen molar-refractivity contribution in [2.45, 2.75) is 13.3 Å². The fraction of sp³-hybridized carbons (Fsp3) is 0.333. The molecular weight excluding hydrogens is 152 g/mol. The molecular formula is C9H14N2O. The summed E-state index contributed by atoms with van der Waals surface area (Å²) in [6, 6.07) is 7.48. The Kier molecular flexibility index (Phi) is 3.41. The molecule has 1 aromatic carbocycles. The van der Waals surface area contributed by atoms with E-state index >= 15 is 0 Å². The van der Waals surface area contributed by atoms with Gasteiger partial charge >= 0.3 is 0 Å². The van der Waals surface area contributed by atoms with Crippen LogP contribution in [0.15, 0.2) is 24.3 Å². The molecule has 0 unspecified atom stereocenters. The molecule has 0 bridgehead atoms. The van der Waals surface area contributed by atoms with E-state index in [1.165, 1.54) is 0 Å². The van der Waals surface area contributed by atoms with Gasteiger partial charge in [-0.15, -0.1) is 0 Å². The van der Waals surface area contributed by atoms with Crippen LogP contribution in [0.25, 0.3) is 0 Å². The molecule has 1 rings (SSSR count). The van der Waals surface area contributed by atoms with Crippen molar-refractivity contribution in [1.29, 1.82) is 0 Å². The molecule has 1 aromatic rings. The van der Waals surface area contributed by atoms with Gasteiger partial charge in [0.1, 0.15) is 0 Å². The Bertz CT molecular complexity index is 220. The zero-order valence-corrected chi connectivity index (χ0v) is 7.17. The van der Waals surface area contributed by atoms with Crippen molar-refractivity contribution < 1.29 is 5.21 Å². The first kappa shape index (κ1) is 8.87. The first-order valence-corrected chi connectivity index (χ1v) is 4.11. The maximum Gasteiger partial charge on any atom is 0.0603 e. The number of anilines is 2. The van der Waals surface area contributed by atoms with Gasteiger partial charge in [0.25, 0.3) is 0 Å². The molecule has 0 saturated heterocycles. The second-order valence-corrected chi connectivity index (χ2v) is 2.62. The summed E-state index contributed by atoms with van der Waals surface area (Å²) in [5, 5.41) is 11.8. The largest absolute Gasteiger partial charge is 0.385 e. The predicted octanol–water partition coefficient (Wildman–Crippen LogP) is 2.31. The van der Waals surface area contributed by atoms with Gasteiger partial charge in [-0.3, -0.25) is 10.7 Å². The Balaban J connectivity index is 2.53. The highest BCUT2D eigenvalue weighted by Gasteiger charge is 1.90. The third-order valence-electron chi connectivity index (χ3n) is 1.59. The summed E-state index contributed by atoms with van der Waals surface area (Å²) in [6.45, 7) is 3.10. The highest BCUT2D eigenvalue weighted by Crippen LogP contribution is 2.12. The maximum atomic E-state index is 8.53. The molecule has 3 nitrogen and oxygen atoms in total. The SMILES string of the molecule is CCCNc1ccc(NO)cc1. The summed E-state index contributed by atoms with van der Waals surface area (Å²) in [5.74, 6) is 0. The van der Waals surface area contributed by atoms with Crippen LogP contribution in [0.2, 0.25) is 0 Å². The van der Waals surface area contributed by atoms with Crippen LogP contribution >= 0.6 is 0 Å². The molecule has 0 aliphatic heterocycles. The Labute approximate surface area is 72.4 Å². The highest BCUT2D eigenvalue weighted by molar-refractivity contribution is 5.52. The average Bonchev–Trinajstić information content (AvgIpc) is 2.15. The standard InChI is InChI=1S/C9H14N2O/c1-2-7-10-8-3-5-9(11-12)6-4-8/h3-6,10-12H,2,7H2,1H3. The minimum Gasteiger partial charge on any atom is -0.385 e. The van der Waals surface area contributed by atoms with E-state index in [1.807, 2.05) is 24.3 Å². The minimum atomic E-state index is 0.706. The van der Waals surface area contributed by atoms with Crippen molar-refractivity contribution in [1.82, 2.24) is 0 Å². The molecule has 0 saturated carbocycles. The second-order valence-electron chi connectivity index (χ2n) is 2.62. The van der Waals surface area contributed by atoms with Crippen LogP contribution in [0, 0.1) is 0 Å². The van der Waals surface area contributed by atoms with Gasteiger partial charge in [0.2, 0.25) is 0 Å². The van der Waals surface area contributed by atoms with E-state index in [-0.39, 0.29) is 0 Å². The Morgan fingerprint density at radius 3 is 2.25 bits per heavy atom. The lowest BCUT2D eigenvalue weighted by Gasteiger charge is -2.04. The predicted molar refractivity (Wildman–Crippen MR) is 50.6 cm³/mol. The first-order chi connectivity index (χ1) is 5.86. The number of rotatable bonds is 4. The van der Waals surface area contributed by atoms with Crippen LogP contribution in [0.5, 0.6) is 0 Å². The van der Waals surface area contributed by atoms with Gasteiger partial charge in [-0.25, -0.2) is 0 Å². The topological polar surface area (TPSA) is 44.3 Å². The van der Waals surface area contributed by atoms with Crippen LogP contribution in [0.4, 0.5) is 11.4 Å². The molecule has 3 heteroatoms. The number of benzene rings is 1. The molecule has 0 radical (unpaired) electrons. The van der Waals surface area contributed by atoms with Crippen LogP contribution in [0.3, 0.4) is 0 Å². The zero-order valence-electron chi connectivity index (χ0n) is 7.17. The fourth-order valence-corrected chi connectivity index (χ4v) is 0.932. The maximum absolute atomic E-state index is 8.53. The van der Waals surface area contributed by atoms with E-state index in [2.05, 4.69) is 17.7 Å². The van der Waals surface area contributed by atoms with Gasteiger partial charge in [-0.1, -0.05) is 6.92 Å². The summed E-state index contributed by atoms with van der Waals surface area (Å²) in [4.78, 5) is 0. The van der Waals surface area contributed by atoms with Crippen LogP contribution in [0.1, 0.15) is 13.3 Å². The summed E-state index contributed by atoms with van der Waals surface area (Å²) < 4.78 is 0. The third kappa shape index (κ3) is 2.43. The summed E-state index contributed by atoms with van der Waals surface area (Å²) in [6.07, 6.45) is 1.11. The van der Waals surface area contributed by atoms with Crippen molar-refractivity contribution in [3.8, 4) is 0 Å². The van der Waals surface area contributed by atoms with Gasteiger partial charge in [0, 0.05) is 12.2 Å². The van der Waals surface area contributed by atoms with Crippen molar-refractivity contribution in [2.75, 3.05) is 17.3 Å². The van der Waals surface area contributed by atoms with E-state index in [4.69, 9.17) is 5.21 Å². The second kappa shape index (κ2) is 4.62. The molecule has 0 aromatic heterocycles. The van der Waals surface area contributed by atoms with E-state index in [0.29, 0.717) is 5.69 Å². The molecule has 12 heavy (non-hydrogen) atoms. The van der Waals surface area contributed by atoms with E-state index in [0.717, 1.165) is 18.7 Å². The molecule has 0 fully saturated rings. The summed E-state index contributed by atoms with van der Waals surface area (Å²) >= 11 is 0. The lowest BCUT2D eigenvalue weighted by atomic mass is 10.3. The van der Waals surface area contributed by atoms with Gasteiger partial charge in [-0.05, 0) is 30.7 Å². The molecule has 66 valence electrons. The Morgan fingerprint density at radius 2 is 1.75 bits per heavy atom. The third-order valence-corrected chi connectivity index (χ3v) is 1.59. The normalized spacial score (nSPS) is 9.50. The summed E-state index contributed by atoms with van der Waals surface area (Å²) in [5.41, 5.74) is 3.87. The minimum absolute atomic E-state index is 0.706. The summed E-state index contributed by atoms with van der Waals surface area (Å²) in [7, 11) is 0. The highest BCUT2D eigenvalue weighted by atomic mass is 16.5. The number of hydrogen-bond donors (Lipinski definition) is 3. The van der Waals surface area contributed by atoms with Crippen LogP contribution < -0.4 is 10.8 Å². The van der Waals surface area contributed by atoms with E-state index < -0.39 is 0 Å². The first-order valence-electron chi connectivity index (χ1n) is 4.11.